The van der Waals surface area contributed by atoms with Gasteiger partial charge in [-0.2, -0.15) is 0 Å². The summed E-state index contributed by atoms with van der Waals surface area (Å²) in [5, 5.41) is 9.93. The minimum Gasteiger partial charge on any atom is -0.493 e. The molecule has 2 rings (SSSR count). The first-order valence-corrected chi connectivity index (χ1v) is 7.92. The van der Waals surface area contributed by atoms with Crippen molar-refractivity contribution >= 4 is 21.9 Å². The van der Waals surface area contributed by atoms with Crippen LogP contribution in [0.3, 0.4) is 0 Å². The molecule has 0 radical (unpaired) electrons. The van der Waals surface area contributed by atoms with Gasteiger partial charge in [0.05, 0.1) is 19.6 Å². The second-order valence-electron chi connectivity index (χ2n) is 5.54. The Labute approximate surface area is 133 Å². The monoisotopic (exact) mass is 356 g/mol. The van der Waals surface area contributed by atoms with Gasteiger partial charge in [0.25, 0.3) is 0 Å². The average Bonchev–Trinajstić information content (AvgIpc) is 2.49. The summed E-state index contributed by atoms with van der Waals surface area (Å²) in [6.45, 7) is 1.93. The normalized spacial score (nSPS) is 17.3. The first-order chi connectivity index (χ1) is 9.97. The molecule has 5 heteroatoms. The van der Waals surface area contributed by atoms with E-state index in [-0.39, 0.29) is 0 Å². The number of hydrogen-bond acceptors (Lipinski definition) is 3. The van der Waals surface area contributed by atoms with Crippen LogP contribution in [0.1, 0.15) is 43.2 Å². The van der Waals surface area contributed by atoms with Crippen LogP contribution < -0.4 is 9.47 Å². The Morgan fingerprint density at radius 3 is 2.33 bits per heavy atom. The summed E-state index contributed by atoms with van der Waals surface area (Å²) in [6.07, 6.45) is 4.20. The lowest BCUT2D eigenvalue weighted by Gasteiger charge is -2.36. The third-order valence-electron chi connectivity index (χ3n) is 4.46. The molecule has 1 aliphatic rings. The number of carboxylic acid groups (broad SMARTS) is 1. The number of hydrogen-bond donors (Lipinski definition) is 1. The molecule has 1 saturated carbocycles. The summed E-state index contributed by atoms with van der Waals surface area (Å²) >= 11 is 3.51. The minimum absolute atomic E-state index is 0.544. The number of rotatable bonds is 4. The van der Waals surface area contributed by atoms with Crippen molar-refractivity contribution in [3.8, 4) is 11.5 Å². The van der Waals surface area contributed by atoms with Crippen molar-refractivity contribution < 1.29 is 19.4 Å². The Bertz CT molecular complexity index is 548. The first kappa shape index (κ1) is 16.1. The van der Waals surface area contributed by atoms with Crippen molar-refractivity contribution in [3.63, 3.8) is 0 Å². The molecule has 1 aromatic rings. The maximum atomic E-state index is 12.1. The van der Waals surface area contributed by atoms with E-state index in [2.05, 4.69) is 15.9 Å². The molecule has 4 nitrogen and oxygen atoms in total. The van der Waals surface area contributed by atoms with Crippen LogP contribution in [0.15, 0.2) is 10.5 Å². The molecule has 1 N–H and O–H groups in total. The molecule has 1 fully saturated rings. The van der Waals surface area contributed by atoms with E-state index in [4.69, 9.17) is 9.47 Å². The maximum Gasteiger partial charge on any atom is 0.314 e. The fourth-order valence-electron chi connectivity index (χ4n) is 3.36. The highest BCUT2D eigenvalue weighted by atomic mass is 79.9. The van der Waals surface area contributed by atoms with Gasteiger partial charge >= 0.3 is 5.97 Å². The summed E-state index contributed by atoms with van der Waals surface area (Å²) in [5.74, 6) is 0.336. The standard InChI is InChI=1S/C16H21BrO4/c1-10-11(17)9-12(20-2)14(21-3)13(10)16(15(18)19)7-5-4-6-8-16/h9H,4-8H2,1-3H3,(H,18,19). The van der Waals surface area contributed by atoms with Gasteiger partial charge in [-0.3, -0.25) is 4.79 Å². The SMILES string of the molecule is COc1cc(Br)c(C)c(C2(C(=O)O)CCCCC2)c1OC. The molecule has 0 heterocycles. The van der Waals surface area contributed by atoms with Gasteiger partial charge in [0.2, 0.25) is 0 Å². The zero-order chi connectivity index (χ0) is 15.6. The lowest BCUT2D eigenvalue weighted by atomic mass is 9.68. The van der Waals surface area contributed by atoms with Crippen molar-refractivity contribution in [3.05, 3.63) is 21.7 Å². The zero-order valence-electron chi connectivity index (χ0n) is 12.7. The van der Waals surface area contributed by atoms with Gasteiger partial charge in [-0.05, 0) is 31.4 Å². The van der Waals surface area contributed by atoms with E-state index in [1.807, 2.05) is 13.0 Å². The maximum absolute atomic E-state index is 12.1. The van der Waals surface area contributed by atoms with E-state index in [1.165, 1.54) is 0 Å². The highest BCUT2D eigenvalue weighted by Gasteiger charge is 2.45. The predicted octanol–water partition coefficient (Wildman–Crippen LogP) is 4.06. The predicted molar refractivity (Wildman–Crippen MR) is 84.4 cm³/mol. The average molecular weight is 357 g/mol. The number of carboxylic acids is 1. The summed E-state index contributed by atoms with van der Waals surface area (Å²) in [5.41, 5.74) is 0.783. The number of ether oxygens (including phenoxy) is 2. The first-order valence-electron chi connectivity index (χ1n) is 7.13. The second kappa shape index (κ2) is 6.26. The molecule has 0 amide bonds. The van der Waals surface area contributed by atoms with Crippen molar-refractivity contribution in [2.45, 2.75) is 44.4 Å². The summed E-state index contributed by atoms with van der Waals surface area (Å²) in [6, 6.07) is 1.83. The fourth-order valence-corrected chi connectivity index (χ4v) is 3.76. The van der Waals surface area contributed by atoms with Crippen molar-refractivity contribution in [1.29, 1.82) is 0 Å². The van der Waals surface area contributed by atoms with Crippen LogP contribution in [0.2, 0.25) is 0 Å². The molecule has 0 aliphatic heterocycles. The van der Waals surface area contributed by atoms with Gasteiger partial charge < -0.3 is 14.6 Å². The number of benzene rings is 1. The second-order valence-corrected chi connectivity index (χ2v) is 6.40. The smallest absolute Gasteiger partial charge is 0.314 e. The number of carbonyl (C=O) groups is 1. The van der Waals surface area contributed by atoms with Gasteiger partial charge in [-0.1, -0.05) is 35.2 Å². The highest BCUT2D eigenvalue weighted by molar-refractivity contribution is 9.10. The molecular formula is C16H21BrO4. The molecule has 116 valence electrons. The molecule has 0 saturated heterocycles. The molecule has 0 spiro atoms. The Morgan fingerprint density at radius 2 is 1.86 bits per heavy atom. The molecule has 0 bridgehead atoms. The quantitative estimate of drug-likeness (QED) is 0.883. The van der Waals surface area contributed by atoms with Gasteiger partial charge in [0.1, 0.15) is 0 Å². The lowest BCUT2D eigenvalue weighted by Crippen LogP contribution is -2.39. The van der Waals surface area contributed by atoms with Crippen LogP contribution in [0, 0.1) is 6.92 Å². The molecule has 1 aromatic carbocycles. The van der Waals surface area contributed by atoms with Gasteiger partial charge in [-0.15, -0.1) is 0 Å². The summed E-state index contributed by atoms with van der Waals surface area (Å²) in [7, 11) is 3.13. The zero-order valence-corrected chi connectivity index (χ0v) is 14.2. The highest BCUT2D eigenvalue weighted by Crippen LogP contribution is 2.49. The van der Waals surface area contributed by atoms with Crippen LogP contribution in [0.5, 0.6) is 11.5 Å². The Hall–Kier alpha value is -1.23. The Morgan fingerprint density at radius 1 is 1.24 bits per heavy atom. The van der Waals surface area contributed by atoms with Crippen molar-refractivity contribution in [1.82, 2.24) is 0 Å². The molecule has 1 aliphatic carbocycles. The van der Waals surface area contributed by atoms with E-state index in [0.717, 1.165) is 34.9 Å². The van der Waals surface area contributed by atoms with Crippen LogP contribution in [0.4, 0.5) is 0 Å². The van der Waals surface area contributed by atoms with E-state index in [0.29, 0.717) is 24.3 Å². The van der Waals surface area contributed by atoms with Gasteiger partial charge in [0, 0.05) is 10.0 Å². The van der Waals surface area contributed by atoms with E-state index in [1.54, 1.807) is 14.2 Å². The molecule has 0 atom stereocenters. The van der Waals surface area contributed by atoms with E-state index >= 15 is 0 Å². The van der Waals surface area contributed by atoms with Gasteiger partial charge in [-0.25, -0.2) is 0 Å². The topological polar surface area (TPSA) is 55.8 Å². The molecule has 0 aromatic heterocycles. The van der Waals surface area contributed by atoms with Gasteiger partial charge in [0.15, 0.2) is 11.5 Å². The van der Waals surface area contributed by atoms with Crippen LogP contribution in [0.25, 0.3) is 0 Å². The Kier molecular flexibility index (Phi) is 4.81. The van der Waals surface area contributed by atoms with E-state index in [9.17, 15) is 9.90 Å². The van der Waals surface area contributed by atoms with Crippen LogP contribution in [-0.4, -0.2) is 25.3 Å². The number of halogens is 1. The largest absolute Gasteiger partial charge is 0.493 e. The van der Waals surface area contributed by atoms with E-state index < -0.39 is 11.4 Å². The number of aliphatic carboxylic acids is 1. The fraction of sp³-hybridized carbons (Fsp3) is 0.562. The van der Waals surface area contributed by atoms with Crippen molar-refractivity contribution in [2.24, 2.45) is 0 Å². The minimum atomic E-state index is -0.884. The van der Waals surface area contributed by atoms with Crippen LogP contribution in [-0.2, 0) is 10.2 Å². The van der Waals surface area contributed by atoms with Crippen LogP contribution >= 0.6 is 15.9 Å². The molecule has 21 heavy (non-hydrogen) atoms. The third-order valence-corrected chi connectivity index (χ3v) is 5.28. The third kappa shape index (κ3) is 2.63. The summed E-state index contributed by atoms with van der Waals surface area (Å²) in [4.78, 5) is 12.1. The number of methoxy groups -OCH3 is 2. The summed E-state index contributed by atoms with van der Waals surface area (Å²) < 4.78 is 11.8. The lowest BCUT2D eigenvalue weighted by molar-refractivity contribution is -0.145. The Balaban J connectivity index is 2.75. The van der Waals surface area contributed by atoms with Crippen molar-refractivity contribution in [2.75, 3.05) is 14.2 Å². The molecule has 0 unspecified atom stereocenters. The molecular weight excluding hydrogens is 336 g/mol.